The first-order chi connectivity index (χ1) is 10.2. The van der Waals surface area contributed by atoms with E-state index in [4.69, 9.17) is 5.73 Å². The van der Waals surface area contributed by atoms with Crippen LogP contribution in [0.4, 0.5) is 17.1 Å². The lowest BCUT2D eigenvalue weighted by molar-refractivity contribution is -0.115. The lowest BCUT2D eigenvalue weighted by Crippen LogP contribution is -2.30. The molecule has 0 bridgehead atoms. The smallest absolute Gasteiger partial charge is 0.228 e. The SMILES string of the molecule is Nc1cc2c(cc1NCCN1CCCCCC1)NC(=O)C2. The number of hydrogen-bond donors (Lipinski definition) is 3. The summed E-state index contributed by atoms with van der Waals surface area (Å²) in [5, 5.41) is 6.28. The van der Waals surface area contributed by atoms with E-state index in [0.717, 1.165) is 35.7 Å². The highest BCUT2D eigenvalue weighted by Gasteiger charge is 2.19. The Morgan fingerprint density at radius 2 is 1.95 bits per heavy atom. The van der Waals surface area contributed by atoms with Crippen molar-refractivity contribution in [3.8, 4) is 0 Å². The molecule has 1 amide bonds. The lowest BCUT2D eigenvalue weighted by atomic mass is 10.1. The van der Waals surface area contributed by atoms with Crippen LogP contribution >= 0.6 is 0 Å². The molecule has 2 aliphatic heterocycles. The summed E-state index contributed by atoms with van der Waals surface area (Å²) >= 11 is 0. The second-order valence-electron chi connectivity index (χ2n) is 6.00. The van der Waals surface area contributed by atoms with Gasteiger partial charge >= 0.3 is 0 Å². The molecule has 0 aliphatic carbocycles. The van der Waals surface area contributed by atoms with Gasteiger partial charge in [0.05, 0.1) is 17.8 Å². The van der Waals surface area contributed by atoms with Crippen LogP contribution in [0.1, 0.15) is 31.2 Å². The number of anilines is 3. The maximum Gasteiger partial charge on any atom is 0.228 e. The molecule has 0 spiro atoms. The summed E-state index contributed by atoms with van der Waals surface area (Å²) in [4.78, 5) is 13.9. The molecule has 1 aromatic carbocycles. The van der Waals surface area contributed by atoms with Gasteiger partial charge in [-0.25, -0.2) is 0 Å². The molecular weight excluding hydrogens is 264 g/mol. The van der Waals surface area contributed by atoms with E-state index in [-0.39, 0.29) is 5.91 Å². The van der Waals surface area contributed by atoms with Crippen LogP contribution in [0, 0.1) is 0 Å². The molecule has 114 valence electrons. The molecule has 0 unspecified atom stereocenters. The zero-order chi connectivity index (χ0) is 14.7. The van der Waals surface area contributed by atoms with Crippen LogP contribution in [0.2, 0.25) is 0 Å². The number of likely N-dealkylation sites (tertiary alicyclic amines) is 1. The number of nitrogen functional groups attached to an aromatic ring is 1. The minimum absolute atomic E-state index is 0.0473. The van der Waals surface area contributed by atoms with Crippen LogP contribution in [-0.4, -0.2) is 37.0 Å². The number of hydrogen-bond acceptors (Lipinski definition) is 4. The minimum atomic E-state index is 0.0473. The molecule has 1 saturated heterocycles. The molecule has 2 aliphatic rings. The molecule has 3 rings (SSSR count). The Kier molecular flexibility index (Phi) is 4.29. The standard InChI is InChI=1S/C16H24N4O/c17-13-9-12-10-16(21)19-14(12)11-15(13)18-5-8-20-6-3-1-2-4-7-20/h9,11,18H,1-8,10,17H2,(H,19,21). The fourth-order valence-corrected chi connectivity index (χ4v) is 3.16. The molecule has 21 heavy (non-hydrogen) atoms. The van der Waals surface area contributed by atoms with Crippen LogP contribution in [-0.2, 0) is 11.2 Å². The van der Waals surface area contributed by atoms with Gasteiger partial charge in [0.25, 0.3) is 0 Å². The van der Waals surface area contributed by atoms with E-state index in [1.54, 1.807) is 0 Å². The summed E-state index contributed by atoms with van der Waals surface area (Å²) < 4.78 is 0. The summed E-state index contributed by atoms with van der Waals surface area (Å²) in [6.07, 6.45) is 5.79. The third-order valence-corrected chi connectivity index (χ3v) is 4.34. The number of rotatable bonds is 4. The number of fused-ring (bicyclic) bond motifs is 1. The summed E-state index contributed by atoms with van der Waals surface area (Å²) in [5.74, 6) is 0.0473. The van der Waals surface area contributed by atoms with E-state index >= 15 is 0 Å². The van der Waals surface area contributed by atoms with Gasteiger partial charge in [-0.05, 0) is 43.6 Å². The van der Waals surface area contributed by atoms with E-state index in [1.165, 1.54) is 38.8 Å². The van der Waals surface area contributed by atoms with Crippen molar-refractivity contribution in [3.63, 3.8) is 0 Å². The minimum Gasteiger partial charge on any atom is -0.397 e. The predicted octanol–water partition coefficient (Wildman–Crippen LogP) is 2.05. The van der Waals surface area contributed by atoms with Gasteiger partial charge in [0.15, 0.2) is 0 Å². The van der Waals surface area contributed by atoms with Crippen LogP contribution in [0.5, 0.6) is 0 Å². The van der Waals surface area contributed by atoms with Crippen molar-refractivity contribution < 1.29 is 4.79 Å². The highest BCUT2D eigenvalue weighted by Crippen LogP contribution is 2.31. The Balaban J connectivity index is 1.55. The van der Waals surface area contributed by atoms with Gasteiger partial charge < -0.3 is 21.3 Å². The first kappa shape index (κ1) is 14.2. The van der Waals surface area contributed by atoms with Crippen molar-refractivity contribution in [2.45, 2.75) is 32.1 Å². The first-order valence-electron chi connectivity index (χ1n) is 7.91. The number of nitrogens with one attached hydrogen (secondary N) is 2. The average molecular weight is 288 g/mol. The summed E-state index contributed by atoms with van der Waals surface area (Å²) in [7, 11) is 0. The molecule has 0 radical (unpaired) electrons. The number of nitrogens with two attached hydrogens (primary N) is 1. The number of carbonyl (C=O) groups excluding carboxylic acids is 1. The topological polar surface area (TPSA) is 70.4 Å². The summed E-state index contributed by atoms with van der Waals surface area (Å²) in [5.41, 5.74) is 9.60. The summed E-state index contributed by atoms with van der Waals surface area (Å²) in [6.45, 7) is 4.34. The van der Waals surface area contributed by atoms with Gasteiger partial charge in [0.2, 0.25) is 5.91 Å². The van der Waals surface area contributed by atoms with Crippen LogP contribution in [0.25, 0.3) is 0 Å². The lowest BCUT2D eigenvalue weighted by Gasteiger charge is -2.20. The molecule has 2 heterocycles. The number of benzene rings is 1. The quantitative estimate of drug-likeness (QED) is 0.742. The highest BCUT2D eigenvalue weighted by atomic mass is 16.1. The molecule has 1 aromatic rings. The Morgan fingerprint density at radius 1 is 1.19 bits per heavy atom. The maximum absolute atomic E-state index is 11.4. The van der Waals surface area contributed by atoms with Gasteiger partial charge in [0, 0.05) is 18.8 Å². The van der Waals surface area contributed by atoms with Gasteiger partial charge in [0.1, 0.15) is 0 Å². The Bertz CT molecular complexity index is 521. The average Bonchev–Trinajstić information content (AvgIpc) is 2.65. The second kappa shape index (κ2) is 6.35. The van der Waals surface area contributed by atoms with Gasteiger partial charge in [-0.1, -0.05) is 12.8 Å². The monoisotopic (exact) mass is 288 g/mol. The van der Waals surface area contributed by atoms with Crippen LogP contribution in [0.15, 0.2) is 12.1 Å². The van der Waals surface area contributed by atoms with Gasteiger partial charge in [-0.15, -0.1) is 0 Å². The van der Waals surface area contributed by atoms with Crippen LogP contribution < -0.4 is 16.4 Å². The molecule has 0 saturated carbocycles. The van der Waals surface area contributed by atoms with Crippen molar-refractivity contribution in [2.24, 2.45) is 0 Å². The van der Waals surface area contributed by atoms with Crippen molar-refractivity contribution in [1.29, 1.82) is 0 Å². The molecule has 0 atom stereocenters. The van der Waals surface area contributed by atoms with E-state index in [2.05, 4.69) is 15.5 Å². The van der Waals surface area contributed by atoms with Crippen molar-refractivity contribution in [1.82, 2.24) is 4.90 Å². The van der Waals surface area contributed by atoms with Crippen molar-refractivity contribution >= 4 is 23.0 Å². The molecular formula is C16H24N4O. The largest absolute Gasteiger partial charge is 0.397 e. The fraction of sp³-hybridized carbons (Fsp3) is 0.562. The van der Waals surface area contributed by atoms with Crippen LogP contribution in [0.3, 0.4) is 0 Å². The number of nitrogens with zero attached hydrogens (tertiary/aromatic N) is 1. The fourth-order valence-electron chi connectivity index (χ4n) is 3.16. The molecule has 5 nitrogen and oxygen atoms in total. The Labute approximate surface area is 125 Å². The third-order valence-electron chi connectivity index (χ3n) is 4.34. The van der Waals surface area contributed by atoms with Crippen molar-refractivity contribution in [2.75, 3.05) is 42.5 Å². The zero-order valence-electron chi connectivity index (χ0n) is 12.5. The zero-order valence-corrected chi connectivity index (χ0v) is 12.5. The Morgan fingerprint density at radius 3 is 2.71 bits per heavy atom. The maximum atomic E-state index is 11.4. The highest BCUT2D eigenvalue weighted by molar-refractivity contribution is 6.00. The number of amides is 1. The molecule has 1 fully saturated rings. The molecule has 4 N–H and O–H groups in total. The molecule has 5 heteroatoms. The Hall–Kier alpha value is -1.75. The third kappa shape index (κ3) is 3.47. The van der Waals surface area contributed by atoms with E-state index in [0.29, 0.717) is 6.42 Å². The first-order valence-corrected chi connectivity index (χ1v) is 7.91. The van der Waals surface area contributed by atoms with E-state index < -0.39 is 0 Å². The summed E-state index contributed by atoms with van der Waals surface area (Å²) in [6, 6.07) is 3.86. The van der Waals surface area contributed by atoms with Gasteiger partial charge in [-0.3, -0.25) is 4.79 Å². The predicted molar refractivity (Wildman–Crippen MR) is 86.6 cm³/mol. The normalized spacial score (nSPS) is 19.0. The van der Waals surface area contributed by atoms with Gasteiger partial charge in [-0.2, -0.15) is 0 Å². The van der Waals surface area contributed by atoms with Crippen molar-refractivity contribution in [3.05, 3.63) is 17.7 Å². The molecule has 0 aromatic heterocycles. The van der Waals surface area contributed by atoms with E-state index in [1.807, 2.05) is 12.1 Å². The second-order valence-corrected chi connectivity index (χ2v) is 6.00. The number of carbonyl (C=O) groups is 1. The van der Waals surface area contributed by atoms with E-state index in [9.17, 15) is 4.79 Å².